The van der Waals surface area contributed by atoms with E-state index >= 15 is 0 Å². The number of aromatic amines is 1. The normalized spacial score (nSPS) is 15.3. The largest absolute Gasteiger partial charge is 0.368 e. The van der Waals surface area contributed by atoms with E-state index in [4.69, 9.17) is 5.73 Å². The number of nitrogens with one attached hydrogen (secondary N) is 5. The van der Waals surface area contributed by atoms with Gasteiger partial charge in [-0.3, -0.25) is 19.2 Å². The molecule has 0 aliphatic carbocycles. The van der Waals surface area contributed by atoms with Crippen molar-refractivity contribution in [2.24, 2.45) is 11.7 Å². The van der Waals surface area contributed by atoms with Gasteiger partial charge in [-0.05, 0) is 59.5 Å². The van der Waals surface area contributed by atoms with Gasteiger partial charge < -0.3 is 32.0 Å². The molecule has 2 heterocycles. The molecule has 5 aromatic rings. The highest BCUT2D eigenvalue weighted by atomic mass is 16.2. The lowest BCUT2D eigenvalue weighted by Crippen LogP contribution is -2.58. The summed E-state index contributed by atoms with van der Waals surface area (Å²) in [7, 11) is 0. The monoisotopic (exact) mass is 658 g/mol. The van der Waals surface area contributed by atoms with Gasteiger partial charge >= 0.3 is 0 Å². The fourth-order valence-electron chi connectivity index (χ4n) is 6.53. The quantitative estimate of drug-likeness (QED) is 0.114. The Morgan fingerprint density at radius 2 is 1.31 bits per heavy atom. The third-order valence-corrected chi connectivity index (χ3v) is 9.27. The van der Waals surface area contributed by atoms with Crippen LogP contribution in [0.15, 0.2) is 103 Å². The van der Waals surface area contributed by atoms with Crippen molar-refractivity contribution in [3.8, 4) is 0 Å². The van der Waals surface area contributed by atoms with E-state index in [2.05, 4.69) is 26.3 Å². The molecule has 49 heavy (non-hydrogen) atoms. The molecular formula is C39H42N6O4. The minimum Gasteiger partial charge on any atom is -0.368 e. The number of nitrogens with two attached hydrogens (primary N) is 1. The van der Waals surface area contributed by atoms with E-state index < -0.39 is 35.8 Å². The standard InChI is InChI=1S/C39H42N6O4/c40-36(46)33(21-25-8-2-1-3-9-25)43-39(49)35(23-30-24-42-32-13-7-6-12-31(30)32)45-38(48)34(44-37(47)28-16-18-41-19-17-28)22-26-14-15-27-10-4-5-11-29(27)20-26/h1-15,20,24,28,33-35,41-42H,16-19,21-23H2,(H2,40,46)(H,43,49)(H,44,47)(H,45,48)/t33-,34+,35+/m0/s1. The van der Waals surface area contributed by atoms with Crippen LogP contribution >= 0.6 is 0 Å². The third-order valence-electron chi connectivity index (χ3n) is 9.27. The predicted octanol–water partition coefficient (Wildman–Crippen LogP) is 3.29. The topological polar surface area (TPSA) is 158 Å². The van der Waals surface area contributed by atoms with E-state index in [1.165, 1.54) is 0 Å². The van der Waals surface area contributed by atoms with Crippen molar-refractivity contribution in [2.75, 3.05) is 13.1 Å². The number of para-hydroxylation sites is 1. The fraction of sp³-hybridized carbons (Fsp3) is 0.282. The highest BCUT2D eigenvalue weighted by Crippen LogP contribution is 2.21. The van der Waals surface area contributed by atoms with Crippen molar-refractivity contribution < 1.29 is 19.2 Å². The first kappa shape index (κ1) is 33.4. The number of hydrogen-bond acceptors (Lipinski definition) is 5. The number of fused-ring (bicyclic) bond motifs is 2. The molecule has 1 fully saturated rings. The van der Waals surface area contributed by atoms with Crippen molar-refractivity contribution in [3.63, 3.8) is 0 Å². The first-order chi connectivity index (χ1) is 23.8. The Labute approximate surface area is 285 Å². The van der Waals surface area contributed by atoms with Crippen molar-refractivity contribution >= 4 is 45.3 Å². The lowest BCUT2D eigenvalue weighted by atomic mass is 9.95. The van der Waals surface area contributed by atoms with Crippen LogP contribution in [0.5, 0.6) is 0 Å². The van der Waals surface area contributed by atoms with Crippen molar-refractivity contribution in [1.29, 1.82) is 0 Å². The molecule has 6 rings (SSSR count). The molecule has 0 saturated carbocycles. The molecule has 1 aliphatic rings. The van der Waals surface area contributed by atoms with Crippen molar-refractivity contribution in [1.82, 2.24) is 26.3 Å². The van der Waals surface area contributed by atoms with Crippen LogP contribution in [0.2, 0.25) is 0 Å². The summed E-state index contributed by atoms with van der Waals surface area (Å²) in [4.78, 5) is 57.5. The van der Waals surface area contributed by atoms with E-state index in [9.17, 15) is 19.2 Å². The molecule has 0 bridgehead atoms. The smallest absolute Gasteiger partial charge is 0.243 e. The highest BCUT2D eigenvalue weighted by Gasteiger charge is 2.32. The second kappa shape index (κ2) is 15.6. The number of carbonyl (C=O) groups excluding carboxylic acids is 4. The summed E-state index contributed by atoms with van der Waals surface area (Å²) in [6.07, 6.45) is 3.75. The maximum Gasteiger partial charge on any atom is 0.243 e. The van der Waals surface area contributed by atoms with Gasteiger partial charge in [-0.25, -0.2) is 0 Å². The number of piperidine rings is 1. The lowest BCUT2D eigenvalue weighted by molar-refractivity contribution is -0.134. The number of aromatic nitrogens is 1. The molecule has 0 spiro atoms. The maximum absolute atomic E-state index is 14.2. The molecule has 3 atom stereocenters. The summed E-state index contributed by atoms with van der Waals surface area (Å²) in [5.41, 5.74) is 9.17. The number of hydrogen-bond donors (Lipinski definition) is 6. The highest BCUT2D eigenvalue weighted by molar-refractivity contribution is 5.95. The zero-order valence-electron chi connectivity index (χ0n) is 27.3. The summed E-state index contributed by atoms with van der Waals surface area (Å²) < 4.78 is 0. The number of primary amides is 1. The molecule has 4 aromatic carbocycles. The second-order valence-corrected chi connectivity index (χ2v) is 12.7. The van der Waals surface area contributed by atoms with Gasteiger partial charge in [-0.15, -0.1) is 0 Å². The van der Waals surface area contributed by atoms with Crippen LogP contribution in [-0.4, -0.2) is 59.8 Å². The summed E-state index contributed by atoms with van der Waals surface area (Å²) in [5.74, 6) is -2.12. The summed E-state index contributed by atoms with van der Waals surface area (Å²) >= 11 is 0. The van der Waals surface area contributed by atoms with Gasteiger partial charge in [0.15, 0.2) is 0 Å². The molecule has 7 N–H and O–H groups in total. The molecular weight excluding hydrogens is 616 g/mol. The van der Waals surface area contributed by atoms with Gasteiger partial charge in [0.05, 0.1) is 0 Å². The Balaban J connectivity index is 1.27. The molecule has 1 aromatic heterocycles. The van der Waals surface area contributed by atoms with Crippen molar-refractivity contribution in [2.45, 2.75) is 50.2 Å². The fourth-order valence-corrected chi connectivity index (χ4v) is 6.53. The minimum atomic E-state index is -1.07. The summed E-state index contributed by atoms with van der Waals surface area (Å²) in [6, 6.07) is 27.9. The van der Waals surface area contributed by atoms with Crippen LogP contribution in [0.4, 0.5) is 0 Å². The number of carbonyl (C=O) groups is 4. The predicted molar refractivity (Wildman–Crippen MR) is 190 cm³/mol. The molecule has 1 saturated heterocycles. The van der Waals surface area contributed by atoms with Gasteiger partial charge in [-0.1, -0.05) is 91.0 Å². The number of benzene rings is 4. The van der Waals surface area contributed by atoms with Gasteiger partial charge in [0.2, 0.25) is 23.6 Å². The third kappa shape index (κ3) is 8.52. The number of H-pyrrole nitrogens is 1. The van der Waals surface area contributed by atoms with E-state index in [1.54, 1.807) is 0 Å². The van der Waals surface area contributed by atoms with Gasteiger partial charge in [0.25, 0.3) is 0 Å². The first-order valence-corrected chi connectivity index (χ1v) is 16.8. The molecule has 252 valence electrons. The van der Waals surface area contributed by atoms with Crippen LogP contribution in [0.3, 0.4) is 0 Å². The summed E-state index contributed by atoms with van der Waals surface area (Å²) in [6.45, 7) is 1.47. The molecule has 1 aliphatic heterocycles. The average Bonchev–Trinajstić information content (AvgIpc) is 3.54. The zero-order valence-corrected chi connectivity index (χ0v) is 27.3. The van der Waals surface area contributed by atoms with Crippen molar-refractivity contribution in [3.05, 3.63) is 120 Å². The average molecular weight is 659 g/mol. The van der Waals surface area contributed by atoms with Gasteiger partial charge in [-0.2, -0.15) is 0 Å². The van der Waals surface area contributed by atoms with Gasteiger partial charge in [0, 0.05) is 42.3 Å². The molecule has 0 unspecified atom stereocenters. The Hall–Kier alpha value is -5.48. The van der Waals surface area contributed by atoms with E-state index in [0.29, 0.717) is 12.8 Å². The number of rotatable bonds is 13. The maximum atomic E-state index is 14.2. The van der Waals surface area contributed by atoms with Crippen LogP contribution in [0.1, 0.15) is 29.5 Å². The molecule has 4 amide bonds. The van der Waals surface area contributed by atoms with Crippen LogP contribution < -0.4 is 27.0 Å². The van der Waals surface area contributed by atoms with Gasteiger partial charge in [0.1, 0.15) is 18.1 Å². The Morgan fingerprint density at radius 1 is 0.673 bits per heavy atom. The first-order valence-electron chi connectivity index (χ1n) is 16.8. The van der Waals surface area contributed by atoms with Crippen LogP contribution in [0.25, 0.3) is 21.7 Å². The summed E-state index contributed by atoms with van der Waals surface area (Å²) in [5, 5.41) is 15.0. The second-order valence-electron chi connectivity index (χ2n) is 12.7. The number of amides is 4. The lowest BCUT2D eigenvalue weighted by Gasteiger charge is -2.27. The van der Waals surface area contributed by atoms with E-state index in [-0.39, 0.29) is 31.1 Å². The zero-order chi connectivity index (χ0) is 34.2. The molecule has 0 radical (unpaired) electrons. The van der Waals surface area contributed by atoms with Crippen LogP contribution in [0, 0.1) is 5.92 Å². The minimum absolute atomic E-state index is 0.142. The van der Waals surface area contributed by atoms with E-state index in [1.807, 2.05) is 103 Å². The van der Waals surface area contributed by atoms with E-state index in [0.717, 1.165) is 51.5 Å². The Kier molecular flexibility index (Phi) is 10.6. The SMILES string of the molecule is NC(=O)[C@H](Cc1ccccc1)NC(=O)[C@@H](Cc1c[nH]c2ccccc12)NC(=O)[C@@H](Cc1ccc2ccccc2c1)NC(=O)C1CCNCC1. The molecule has 10 heteroatoms. The van der Waals surface area contributed by atoms with Crippen LogP contribution in [-0.2, 0) is 38.4 Å². The molecule has 10 nitrogen and oxygen atoms in total. The Morgan fingerprint density at radius 3 is 2.06 bits per heavy atom. The Bertz CT molecular complexity index is 1930.